The first kappa shape index (κ1) is 18.7. The predicted molar refractivity (Wildman–Crippen MR) is 90.4 cm³/mol. The average Bonchev–Trinajstić information content (AvgIpc) is 2.96. The van der Waals surface area contributed by atoms with Crippen LogP contribution in [0, 0.1) is 0 Å². The van der Waals surface area contributed by atoms with Gasteiger partial charge in [0.2, 0.25) is 20.0 Å². The van der Waals surface area contributed by atoms with E-state index in [0.29, 0.717) is 0 Å². The molecule has 130 valence electrons. The normalized spacial score (nSPS) is 17.0. The average molecular weight is 381 g/mol. The van der Waals surface area contributed by atoms with Crippen LogP contribution in [-0.2, 0) is 20.0 Å². The van der Waals surface area contributed by atoms with E-state index in [1.807, 2.05) is 0 Å². The summed E-state index contributed by atoms with van der Waals surface area (Å²) in [5, 5.41) is 0.135. The number of sulfonamides is 2. The van der Waals surface area contributed by atoms with E-state index in [9.17, 15) is 16.8 Å². The van der Waals surface area contributed by atoms with E-state index in [-0.39, 0.29) is 29.0 Å². The highest BCUT2D eigenvalue weighted by atomic mass is 35.5. The van der Waals surface area contributed by atoms with Gasteiger partial charge >= 0.3 is 0 Å². The van der Waals surface area contributed by atoms with E-state index in [2.05, 4.69) is 4.72 Å². The molecule has 2 rings (SSSR count). The van der Waals surface area contributed by atoms with Gasteiger partial charge in [-0.2, -0.15) is 4.31 Å². The molecule has 0 atom stereocenters. The molecule has 6 nitrogen and oxygen atoms in total. The molecule has 1 aliphatic rings. The van der Waals surface area contributed by atoms with Crippen molar-refractivity contribution in [2.24, 2.45) is 0 Å². The number of halogens is 1. The first-order valence-corrected chi connectivity index (χ1v) is 11.1. The molecule has 9 heteroatoms. The summed E-state index contributed by atoms with van der Waals surface area (Å²) < 4.78 is 52.2. The molecule has 23 heavy (non-hydrogen) atoms. The minimum Gasteiger partial charge on any atom is -0.212 e. The molecule has 0 saturated heterocycles. The van der Waals surface area contributed by atoms with Crippen LogP contribution in [0.5, 0.6) is 0 Å². The predicted octanol–water partition coefficient (Wildman–Crippen LogP) is 1.82. The lowest BCUT2D eigenvalue weighted by Crippen LogP contribution is -2.43. The molecule has 0 aromatic heterocycles. The van der Waals surface area contributed by atoms with E-state index in [4.69, 9.17) is 11.6 Å². The van der Waals surface area contributed by atoms with Gasteiger partial charge in [0.1, 0.15) is 4.90 Å². The maximum Gasteiger partial charge on any atom is 0.242 e. The summed E-state index contributed by atoms with van der Waals surface area (Å²) in [4.78, 5) is -0.00608. The van der Waals surface area contributed by atoms with Crippen LogP contribution in [0.1, 0.15) is 25.7 Å². The highest BCUT2D eigenvalue weighted by Crippen LogP contribution is 2.25. The molecule has 0 spiro atoms. The minimum atomic E-state index is -3.76. The Morgan fingerprint density at radius 3 is 2.35 bits per heavy atom. The lowest BCUT2D eigenvalue weighted by molar-refractivity contribution is 0.328. The molecule has 0 aliphatic heterocycles. The molecule has 0 heterocycles. The number of hydrogen-bond donors (Lipinski definition) is 1. The van der Waals surface area contributed by atoms with Gasteiger partial charge in [0, 0.05) is 19.1 Å². The third-order valence-corrected chi connectivity index (χ3v) is 7.20. The van der Waals surface area contributed by atoms with Crippen LogP contribution < -0.4 is 4.72 Å². The quantitative estimate of drug-likeness (QED) is 0.782. The van der Waals surface area contributed by atoms with Crippen LogP contribution >= 0.6 is 11.6 Å². The fourth-order valence-corrected chi connectivity index (χ4v) is 5.56. The van der Waals surface area contributed by atoms with Gasteiger partial charge in [-0.25, -0.2) is 21.6 Å². The van der Waals surface area contributed by atoms with E-state index in [1.54, 1.807) is 12.1 Å². The van der Waals surface area contributed by atoms with Crippen molar-refractivity contribution in [3.05, 3.63) is 29.3 Å². The second-order valence-electron chi connectivity index (χ2n) is 5.64. The summed E-state index contributed by atoms with van der Waals surface area (Å²) >= 11 is 5.90. The van der Waals surface area contributed by atoms with Crippen molar-refractivity contribution in [2.75, 3.05) is 19.3 Å². The monoisotopic (exact) mass is 380 g/mol. The summed E-state index contributed by atoms with van der Waals surface area (Å²) in [6, 6.07) is 6.11. The van der Waals surface area contributed by atoms with E-state index in [0.717, 1.165) is 31.9 Å². The number of nitrogens with one attached hydrogen (secondary N) is 1. The molecule has 1 fully saturated rings. The van der Waals surface area contributed by atoms with Gasteiger partial charge in [-0.15, -0.1) is 0 Å². The summed E-state index contributed by atoms with van der Waals surface area (Å²) in [6.45, 7) is 0.129. The van der Waals surface area contributed by atoms with Gasteiger partial charge in [-0.05, 0) is 25.0 Å². The van der Waals surface area contributed by atoms with Gasteiger partial charge < -0.3 is 0 Å². The highest BCUT2D eigenvalue weighted by molar-refractivity contribution is 7.89. The Labute approximate surface area is 142 Å². The summed E-state index contributed by atoms with van der Waals surface area (Å²) in [5.41, 5.74) is 0. The largest absolute Gasteiger partial charge is 0.242 e. The Morgan fingerprint density at radius 2 is 1.78 bits per heavy atom. The molecule has 0 radical (unpaired) electrons. The van der Waals surface area contributed by atoms with Crippen LogP contribution in [-0.4, -0.2) is 46.5 Å². The van der Waals surface area contributed by atoms with Gasteiger partial charge in [-0.3, -0.25) is 0 Å². The van der Waals surface area contributed by atoms with E-state index in [1.165, 1.54) is 16.4 Å². The van der Waals surface area contributed by atoms with Crippen LogP contribution in [0.15, 0.2) is 29.2 Å². The van der Waals surface area contributed by atoms with Gasteiger partial charge in [-0.1, -0.05) is 36.6 Å². The van der Waals surface area contributed by atoms with Crippen molar-refractivity contribution in [3.63, 3.8) is 0 Å². The SMILES string of the molecule is CS(=O)(=O)N(CCNS(=O)(=O)c1ccccc1Cl)C1CCCC1. The van der Waals surface area contributed by atoms with Crippen molar-refractivity contribution in [1.82, 2.24) is 9.03 Å². The molecule has 1 saturated carbocycles. The Balaban J connectivity index is 2.03. The Hall–Kier alpha value is -0.670. The topological polar surface area (TPSA) is 83.6 Å². The Bertz CT molecular complexity index is 744. The van der Waals surface area contributed by atoms with E-state index >= 15 is 0 Å². The molecular weight excluding hydrogens is 360 g/mol. The maximum absolute atomic E-state index is 12.2. The van der Waals surface area contributed by atoms with Gasteiger partial charge in [0.25, 0.3) is 0 Å². The zero-order chi connectivity index (χ0) is 17.1. The molecule has 1 N–H and O–H groups in total. The number of nitrogens with zero attached hydrogens (tertiary/aromatic N) is 1. The first-order chi connectivity index (χ1) is 10.7. The molecule has 0 unspecified atom stereocenters. The van der Waals surface area contributed by atoms with Crippen LogP contribution in [0.3, 0.4) is 0 Å². The van der Waals surface area contributed by atoms with Crippen molar-refractivity contribution in [2.45, 2.75) is 36.6 Å². The lowest BCUT2D eigenvalue weighted by Gasteiger charge is -2.26. The van der Waals surface area contributed by atoms with Crippen molar-refractivity contribution in [3.8, 4) is 0 Å². The summed E-state index contributed by atoms with van der Waals surface area (Å²) in [6.07, 6.45) is 4.81. The molecule has 1 aliphatic carbocycles. The number of hydrogen-bond acceptors (Lipinski definition) is 4. The van der Waals surface area contributed by atoms with Crippen molar-refractivity contribution in [1.29, 1.82) is 0 Å². The summed E-state index contributed by atoms with van der Waals surface area (Å²) in [7, 11) is -7.13. The highest BCUT2D eigenvalue weighted by Gasteiger charge is 2.29. The smallest absolute Gasteiger partial charge is 0.212 e. The molecule has 0 amide bonds. The van der Waals surface area contributed by atoms with Crippen LogP contribution in [0.4, 0.5) is 0 Å². The Kier molecular flexibility index (Phi) is 6.07. The standard InChI is InChI=1S/C14H21ClN2O4S2/c1-22(18,19)17(12-6-2-3-7-12)11-10-16-23(20,21)14-9-5-4-8-13(14)15/h4-5,8-9,12,16H,2-3,6-7,10-11H2,1H3. The second kappa shape index (κ2) is 7.48. The van der Waals surface area contributed by atoms with Gasteiger partial charge in [0.15, 0.2) is 0 Å². The van der Waals surface area contributed by atoms with Gasteiger partial charge in [0.05, 0.1) is 11.3 Å². The molecule has 0 bridgehead atoms. The summed E-state index contributed by atoms with van der Waals surface area (Å²) in [5.74, 6) is 0. The van der Waals surface area contributed by atoms with E-state index < -0.39 is 20.0 Å². The first-order valence-electron chi connectivity index (χ1n) is 7.43. The third kappa shape index (κ3) is 4.90. The zero-order valence-electron chi connectivity index (χ0n) is 12.9. The lowest BCUT2D eigenvalue weighted by atomic mass is 10.2. The molecule has 1 aromatic carbocycles. The zero-order valence-corrected chi connectivity index (χ0v) is 15.3. The fraction of sp³-hybridized carbons (Fsp3) is 0.571. The van der Waals surface area contributed by atoms with Crippen LogP contribution in [0.25, 0.3) is 0 Å². The van der Waals surface area contributed by atoms with Crippen molar-refractivity contribution >= 4 is 31.6 Å². The van der Waals surface area contributed by atoms with Crippen molar-refractivity contribution < 1.29 is 16.8 Å². The fourth-order valence-electron chi connectivity index (χ4n) is 2.84. The minimum absolute atomic E-state index is 0.00608. The second-order valence-corrected chi connectivity index (χ2v) is 9.72. The third-order valence-electron chi connectivity index (χ3n) is 3.91. The number of rotatable bonds is 7. The van der Waals surface area contributed by atoms with Crippen LogP contribution in [0.2, 0.25) is 5.02 Å². The Morgan fingerprint density at radius 1 is 1.17 bits per heavy atom. The molecule has 1 aromatic rings. The number of benzene rings is 1. The molecular formula is C14H21ClN2O4S2. The maximum atomic E-state index is 12.2.